The Morgan fingerprint density at radius 2 is 1.96 bits per heavy atom. The molecule has 4 nitrogen and oxygen atoms in total. The highest BCUT2D eigenvalue weighted by atomic mass is 32.2. The standard InChI is InChI=1S/C18H24N2O2S/c1-13(2)19-12-15(4)23-16-6-5-14(3)17(11-16)18(21)20-7-9-22-10-8-20/h5-6,11-12H,7-10H2,1-4H3/b15-12+. The zero-order valence-electron chi connectivity index (χ0n) is 14.3. The second kappa shape index (κ2) is 8.31. The summed E-state index contributed by atoms with van der Waals surface area (Å²) in [5.74, 6) is 0.0947. The first-order valence-corrected chi connectivity index (χ1v) is 8.62. The molecule has 1 amide bonds. The maximum atomic E-state index is 12.7. The molecule has 0 atom stereocenters. The Balaban J connectivity index is 2.16. The van der Waals surface area contributed by atoms with Crippen molar-refractivity contribution in [3.63, 3.8) is 0 Å². The minimum absolute atomic E-state index is 0.0947. The number of hydrogen-bond acceptors (Lipinski definition) is 4. The molecule has 0 spiro atoms. The van der Waals surface area contributed by atoms with Gasteiger partial charge in [0.15, 0.2) is 0 Å². The molecule has 0 aromatic heterocycles. The predicted octanol–water partition coefficient (Wildman–Crippen LogP) is 3.90. The molecule has 0 saturated carbocycles. The first-order valence-electron chi connectivity index (χ1n) is 7.80. The van der Waals surface area contributed by atoms with E-state index in [0.29, 0.717) is 26.3 Å². The lowest BCUT2D eigenvalue weighted by Crippen LogP contribution is -2.40. The third kappa shape index (κ3) is 5.22. The van der Waals surface area contributed by atoms with Gasteiger partial charge in [0.25, 0.3) is 5.91 Å². The first-order chi connectivity index (χ1) is 11.0. The summed E-state index contributed by atoms with van der Waals surface area (Å²) in [7, 11) is 0. The maximum Gasteiger partial charge on any atom is 0.254 e. The van der Waals surface area contributed by atoms with Crippen LogP contribution in [0.4, 0.5) is 0 Å². The average Bonchev–Trinajstić information content (AvgIpc) is 2.55. The van der Waals surface area contributed by atoms with Crippen molar-refractivity contribution >= 4 is 23.4 Å². The van der Waals surface area contributed by atoms with Crippen LogP contribution in [0.25, 0.3) is 0 Å². The Kier molecular flexibility index (Phi) is 6.42. The summed E-state index contributed by atoms with van der Waals surface area (Å²) in [6, 6.07) is 6.05. The summed E-state index contributed by atoms with van der Waals surface area (Å²) in [5.41, 5.74) is 2.81. The topological polar surface area (TPSA) is 41.9 Å². The number of aliphatic imine (C=N–C) groups is 1. The van der Waals surface area contributed by atoms with Crippen LogP contribution in [0, 0.1) is 6.92 Å². The molecular formula is C18H24N2O2S. The fourth-order valence-corrected chi connectivity index (χ4v) is 3.05. The third-order valence-electron chi connectivity index (χ3n) is 3.52. The van der Waals surface area contributed by atoms with Gasteiger partial charge in [-0.1, -0.05) is 17.8 Å². The van der Waals surface area contributed by atoms with Crippen LogP contribution in [0.2, 0.25) is 0 Å². The van der Waals surface area contributed by atoms with Crippen LogP contribution in [0.15, 0.2) is 39.2 Å². The predicted molar refractivity (Wildman–Crippen MR) is 96.3 cm³/mol. The van der Waals surface area contributed by atoms with Gasteiger partial charge in [0.2, 0.25) is 0 Å². The van der Waals surface area contributed by atoms with E-state index >= 15 is 0 Å². The minimum atomic E-state index is 0.0947. The molecule has 23 heavy (non-hydrogen) atoms. The van der Waals surface area contributed by atoms with Crippen molar-refractivity contribution in [2.45, 2.75) is 32.6 Å². The number of carbonyl (C=O) groups excluding carboxylic acids is 1. The number of amides is 1. The number of ether oxygens (including phenoxy) is 1. The van der Waals surface area contributed by atoms with Crippen molar-refractivity contribution in [3.05, 3.63) is 40.4 Å². The molecule has 0 radical (unpaired) electrons. The summed E-state index contributed by atoms with van der Waals surface area (Å²) in [4.78, 5) is 21.0. The van der Waals surface area contributed by atoms with E-state index in [1.807, 2.05) is 50.9 Å². The summed E-state index contributed by atoms with van der Waals surface area (Å²) in [6.45, 7) is 10.5. The van der Waals surface area contributed by atoms with Crippen molar-refractivity contribution < 1.29 is 9.53 Å². The van der Waals surface area contributed by atoms with Crippen LogP contribution in [-0.2, 0) is 4.74 Å². The normalized spacial score (nSPS) is 15.5. The maximum absolute atomic E-state index is 12.7. The van der Waals surface area contributed by atoms with Crippen LogP contribution >= 0.6 is 11.8 Å². The van der Waals surface area contributed by atoms with Gasteiger partial charge >= 0.3 is 0 Å². The van der Waals surface area contributed by atoms with Crippen LogP contribution in [0.5, 0.6) is 0 Å². The number of morpholine rings is 1. The Hall–Kier alpha value is -1.59. The van der Waals surface area contributed by atoms with Gasteiger partial charge in [-0.05, 0) is 45.4 Å². The molecule has 5 heteroatoms. The fourth-order valence-electron chi connectivity index (χ4n) is 2.26. The Morgan fingerprint density at radius 1 is 1.26 bits per heavy atom. The van der Waals surface area contributed by atoms with Crippen molar-refractivity contribution in [1.82, 2.24) is 4.90 Å². The van der Waals surface area contributed by atoms with Gasteiger partial charge in [-0.25, -0.2) is 0 Å². The molecule has 2 rings (SSSR count). The van der Waals surface area contributed by atoms with Gasteiger partial charge in [0, 0.05) is 40.4 Å². The largest absolute Gasteiger partial charge is 0.378 e. The van der Waals surface area contributed by atoms with E-state index in [4.69, 9.17) is 4.74 Å². The van der Waals surface area contributed by atoms with Crippen LogP contribution in [0.1, 0.15) is 36.7 Å². The molecule has 1 aliphatic rings. The SMILES string of the molecule is CC(C)=N/C=C(\C)Sc1ccc(C)c(C(=O)N2CCOCC2)c1. The van der Waals surface area contributed by atoms with Crippen LogP contribution < -0.4 is 0 Å². The van der Waals surface area contributed by atoms with E-state index in [2.05, 4.69) is 11.1 Å². The summed E-state index contributed by atoms with van der Waals surface area (Å²) < 4.78 is 5.32. The fraction of sp³-hybridized carbons (Fsp3) is 0.444. The number of rotatable bonds is 4. The Morgan fingerprint density at radius 3 is 2.61 bits per heavy atom. The zero-order chi connectivity index (χ0) is 16.8. The average molecular weight is 332 g/mol. The lowest BCUT2D eigenvalue weighted by molar-refractivity contribution is 0.0302. The van der Waals surface area contributed by atoms with E-state index in [1.165, 1.54) is 0 Å². The van der Waals surface area contributed by atoms with Crippen molar-refractivity contribution in [1.29, 1.82) is 0 Å². The molecule has 0 bridgehead atoms. The molecule has 1 aromatic rings. The van der Waals surface area contributed by atoms with E-state index in [1.54, 1.807) is 11.8 Å². The van der Waals surface area contributed by atoms with Crippen molar-refractivity contribution in [2.75, 3.05) is 26.3 Å². The van der Waals surface area contributed by atoms with Crippen molar-refractivity contribution in [3.8, 4) is 0 Å². The first kappa shape index (κ1) is 17.8. The number of allylic oxidation sites excluding steroid dienone is 1. The van der Waals surface area contributed by atoms with Gasteiger partial charge in [-0.2, -0.15) is 0 Å². The zero-order valence-corrected chi connectivity index (χ0v) is 15.1. The third-order valence-corrected chi connectivity index (χ3v) is 4.44. The highest BCUT2D eigenvalue weighted by Crippen LogP contribution is 2.28. The molecule has 1 aliphatic heterocycles. The molecule has 1 aromatic carbocycles. The lowest BCUT2D eigenvalue weighted by atomic mass is 10.1. The molecular weight excluding hydrogens is 308 g/mol. The van der Waals surface area contributed by atoms with E-state index in [9.17, 15) is 4.79 Å². The number of hydrogen-bond donors (Lipinski definition) is 0. The quantitative estimate of drug-likeness (QED) is 0.620. The van der Waals surface area contributed by atoms with Gasteiger partial charge in [-0.3, -0.25) is 9.79 Å². The molecule has 0 aliphatic carbocycles. The number of thioether (sulfide) groups is 1. The summed E-state index contributed by atoms with van der Waals surface area (Å²) in [5, 5.41) is 0. The van der Waals surface area contributed by atoms with E-state index in [-0.39, 0.29) is 5.91 Å². The van der Waals surface area contributed by atoms with Crippen molar-refractivity contribution in [2.24, 2.45) is 4.99 Å². The van der Waals surface area contributed by atoms with Crippen LogP contribution in [0.3, 0.4) is 0 Å². The summed E-state index contributed by atoms with van der Waals surface area (Å²) in [6.07, 6.45) is 1.86. The monoisotopic (exact) mass is 332 g/mol. The van der Waals surface area contributed by atoms with Gasteiger partial charge < -0.3 is 9.64 Å². The summed E-state index contributed by atoms with van der Waals surface area (Å²) >= 11 is 1.63. The van der Waals surface area contributed by atoms with Crippen LogP contribution in [-0.4, -0.2) is 42.8 Å². The highest BCUT2D eigenvalue weighted by molar-refractivity contribution is 8.03. The molecule has 0 unspecified atom stereocenters. The van der Waals surface area contributed by atoms with E-state index in [0.717, 1.165) is 26.6 Å². The molecule has 1 fully saturated rings. The van der Waals surface area contributed by atoms with Gasteiger partial charge in [0.05, 0.1) is 13.2 Å². The minimum Gasteiger partial charge on any atom is -0.378 e. The molecule has 1 heterocycles. The smallest absolute Gasteiger partial charge is 0.254 e. The molecule has 124 valence electrons. The lowest BCUT2D eigenvalue weighted by Gasteiger charge is -2.27. The van der Waals surface area contributed by atoms with E-state index < -0.39 is 0 Å². The molecule has 0 N–H and O–H groups in total. The highest BCUT2D eigenvalue weighted by Gasteiger charge is 2.20. The Labute approximate surface area is 142 Å². The van der Waals surface area contributed by atoms with Gasteiger partial charge in [-0.15, -0.1) is 0 Å². The number of nitrogens with zero attached hydrogens (tertiary/aromatic N) is 2. The second-order valence-electron chi connectivity index (χ2n) is 5.80. The Bertz CT molecular complexity index is 628. The molecule has 1 saturated heterocycles. The second-order valence-corrected chi connectivity index (χ2v) is 7.12. The number of benzene rings is 1. The number of aryl methyl sites for hydroxylation is 1. The number of carbonyl (C=O) groups is 1. The van der Waals surface area contributed by atoms with Gasteiger partial charge in [0.1, 0.15) is 0 Å².